The van der Waals surface area contributed by atoms with Crippen molar-refractivity contribution in [2.45, 2.75) is 31.7 Å². The smallest absolute Gasteiger partial charge is 0.343 e. The normalized spacial score (nSPS) is 18.8. The Kier molecular flexibility index (Phi) is 11.5. The lowest BCUT2D eigenvalue weighted by Gasteiger charge is -2.40. The van der Waals surface area contributed by atoms with Crippen molar-refractivity contribution >= 4 is 58.5 Å². The van der Waals surface area contributed by atoms with Gasteiger partial charge in [0.2, 0.25) is 11.1 Å². The molecule has 0 aliphatic carbocycles. The zero-order chi connectivity index (χ0) is 41.5. The Morgan fingerprint density at radius 1 is 0.898 bits per heavy atom. The van der Waals surface area contributed by atoms with E-state index in [1.54, 1.807) is 19.2 Å². The first-order chi connectivity index (χ1) is 28.3. The standard InChI is InChI=1S/C40H41Cl2F2N9O6/c1-48-35(30(41)20-45-48)29-19-33(59-36(29)42)37(55)46-25(16-24-2-5-31(43)32(44)17-24)22-50-14-12-49(13-15-50)21-23-6-9-51(10-7-23)26-3-4-27-28(18-26)39(57)53(38(27)56)52-11-8-34(54)47-40(52)58/h2-5,17-20,23,25H,6-16,21-22H2,1H3,(H,46,55)(H,47,54,58)/t25-/m0/s1. The maximum Gasteiger partial charge on any atom is 0.343 e. The third-order valence-corrected chi connectivity index (χ3v) is 12.0. The van der Waals surface area contributed by atoms with Crippen LogP contribution >= 0.6 is 23.2 Å². The van der Waals surface area contributed by atoms with E-state index < -0.39 is 47.3 Å². The molecule has 310 valence electrons. The van der Waals surface area contributed by atoms with E-state index in [2.05, 4.69) is 30.4 Å². The third-order valence-electron chi connectivity index (χ3n) is 11.4. The fourth-order valence-electron chi connectivity index (χ4n) is 8.31. The number of urea groups is 1. The summed E-state index contributed by atoms with van der Waals surface area (Å²) in [6.07, 6.45) is 3.58. The molecular formula is C40H41Cl2F2N9O6. The molecule has 0 saturated carbocycles. The van der Waals surface area contributed by atoms with E-state index in [-0.39, 0.29) is 41.5 Å². The number of piperidine rings is 1. The zero-order valence-corrected chi connectivity index (χ0v) is 33.6. The van der Waals surface area contributed by atoms with Gasteiger partial charge in [-0.25, -0.2) is 18.6 Å². The Morgan fingerprint density at radius 3 is 2.32 bits per heavy atom. The van der Waals surface area contributed by atoms with Crippen molar-refractivity contribution in [2.75, 3.05) is 63.8 Å². The molecular weight excluding hydrogens is 811 g/mol. The molecule has 0 bridgehead atoms. The Labute approximate surface area is 347 Å². The molecule has 8 rings (SSSR count). The third kappa shape index (κ3) is 8.42. The molecule has 4 aromatic rings. The Hall–Kier alpha value is -5.36. The lowest BCUT2D eigenvalue weighted by molar-refractivity contribution is -0.122. The average Bonchev–Trinajstić information content (AvgIpc) is 3.84. The van der Waals surface area contributed by atoms with Crippen LogP contribution in [0.25, 0.3) is 11.3 Å². The van der Waals surface area contributed by atoms with Crippen LogP contribution in [0.15, 0.2) is 53.1 Å². The average molecular weight is 853 g/mol. The van der Waals surface area contributed by atoms with Gasteiger partial charge in [-0.2, -0.15) is 10.1 Å². The van der Waals surface area contributed by atoms with Crippen molar-refractivity contribution in [3.8, 4) is 11.3 Å². The number of amides is 6. The van der Waals surface area contributed by atoms with Gasteiger partial charge in [-0.15, -0.1) is 0 Å². The van der Waals surface area contributed by atoms with Gasteiger partial charge in [0.15, 0.2) is 17.4 Å². The van der Waals surface area contributed by atoms with Crippen molar-refractivity contribution in [3.05, 3.63) is 93.0 Å². The van der Waals surface area contributed by atoms with Crippen LogP contribution in [-0.4, -0.2) is 124 Å². The van der Waals surface area contributed by atoms with E-state index in [0.717, 1.165) is 86.5 Å². The second-order valence-corrected chi connectivity index (χ2v) is 16.0. The number of aromatic nitrogens is 2. The van der Waals surface area contributed by atoms with Crippen LogP contribution in [0.4, 0.5) is 19.3 Å². The Morgan fingerprint density at radius 2 is 1.63 bits per heavy atom. The monoisotopic (exact) mass is 851 g/mol. The lowest BCUT2D eigenvalue weighted by Crippen LogP contribution is -2.58. The topological polar surface area (TPSA) is 157 Å². The van der Waals surface area contributed by atoms with Crippen LogP contribution in [0.5, 0.6) is 0 Å². The number of hydrogen-bond donors (Lipinski definition) is 2. The number of hydrogen-bond acceptors (Lipinski definition) is 10. The van der Waals surface area contributed by atoms with Crippen LogP contribution in [0.2, 0.25) is 10.2 Å². The summed E-state index contributed by atoms with van der Waals surface area (Å²) < 4.78 is 35.1. The number of aryl methyl sites for hydroxylation is 1. The van der Waals surface area contributed by atoms with Gasteiger partial charge in [0.25, 0.3) is 17.7 Å². The summed E-state index contributed by atoms with van der Waals surface area (Å²) in [6.45, 7) is 5.99. The lowest BCUT2D eigenvalue weighted by atomic mass is 9.95. The molecule has 1 atom stereocenters. The fourth-order valence-corrected chi connectivity index (χ4v) is 8.80. The number of benzene rings is 2. The largest absolute Gasteiger partial charge is 0.439 e. The van der Waals surface area contributed by atoms with Crippen LogP contribution in [-0.2, 0) is 18.3 Å². The number of nitrogens with one attached hydrogen (secondary N) is 2. The number of imide groups is 2. The minimum Gasteiger partial charge on any atom is -0.439 e. The van der Waals surface area contributed by atoms with Crippen molar-refractivity contribution in [2.24, 2.45) is 13.0 Å². The first-order valence-corrected chi connectivity index (χ1v) is 20.1. The number of piperazine rings is 1. The quantitative estimate of drug-likeness (QED) is 0.205. The molecule has 3 saturated heterocycles. The first kappa shape index (κ1) is 40.4. The van der Waals surface area contributed by atoms with Crippen LogP contribution in [0, 0.1) is 17.6 Å². The molecule has 6 amide bonds. The Bertz CT molecular complexity index is 2300. The number of nitrogens with zero attached hydrogens (tertiary/aromatic N) is 7. The predicted molar refractivity (Wildman–Crippen MR) is 212 cm³/mol. The number of halogens is 4. The highest BCUT2D eigenvalue weighted by Gasteiger charge is 2.43. The van der Waals surface area contributed by atoms with Crippen LogP contribution < -0.4 is 15.5 Å². The first-order valence-electron chi connectivity index (χ1n) is 19.4. The second kappa shape index (κ2) is 16.7. The fraction of sp³-hybridized carbons (Fsp3) is 0.400. The van der Waals surface area contributed by atoms with E-state index >= 15 is 0 Å². The molecule has 15 nitrogen and oxygen atoms in total. The highest BCUT2D eigenvalue weighted by Crippen LogP contribution is 2.36. The van der Waals surface area contributed by atoms with E-state index in [0.29, 0.717) is 34.3 Å². The molecule has 0 unspecified atom stereocenters. The number of anilines is 1. The summed E-state index contributed by atoms with van der Waals surface area (Å²) in [6, 6.07) is 9.13. The summed E-state index contributed by atoms with van der Waals surface area (Å²) in [5, 5.41) is 11.4. The maximum atomic E-state index is 14.2. The Balaban J connectivity index is 0.847. The maximum absolute atomic E-state index is 14.2. The number of hydrazine groups is 1. The van der Waals surface area contributed by atoms with Gasteiger partial charge in [-0.05, 0) is 72.7 Å². The predicted octanol–water partition coefficient (Wildman–Crippen LogP) is 4.59. The summed E-state index contributed by atoms with van der Waals surface area (Å²) in [7, 11) is 1.69. The second-order valence-electron chi connectivity index (χ2n) is 15.3. The van der Waals surface area contributed by atoms with Crippen molar-refractivity contribution < 1.29 is 37.2 Å². The van der Waals surface area contributed by atoms with E-state index in [1.807, 2.05) is 6.07 Å². The minimum atomic E-state index is -0.960. The van der Waals surface area contributed by atoms with Gasteiger partial charge >= 0.3 is 6.03 Å². The molecule has 4 aliphatic heterocycles. The molecule has 59 heavy (non-hydrogen) atoms. The number of carbonyl (C=O) groups excluding carboxylic acids is 5. The molecule has 2 aromatic carbocycles. The molecule has 6 heterocycles. The number of rotatable bonds is 11. The zero-order valence-electron chi connectivity index (χ0n) is 32.1. The van der Waals surface area contributed by atoms with E-state index in [4.69, 9.17) is 27.6 Å². The summed E-state index contributed by atoms with van der Waals surface area (Å²) in [5.41, 5.74) is 2.73. The highest BCUT2D eigenvalue weighted by atomic mass is 35.5. The van der Waals surface area contributed by atoms with Crippen LogP contribution in [0.1, 0.15) is 56.1 Å². The molecule has 0 spiro atoms. The van der Waals surface area contributed by atoms with E-state index in [1.165, 1.54) is 23.0 Å². The van der Waals surface area contributed by atoms with Gasteiger partial charge in [0, 0.05) is 83.6 Å². The molecule has 19 heteroatoms. The molecule has 2 N–H and O–H groups in total. The van der Waals surface area contributed by atoms with E-state index in [9.17, 15) is 32.8 Å². The SMILES string of the molecule is Cn1ncc(Cl)c1-c1cc(C(=O)N[C@@H](Cc2ccc(F)c(F)c2)CN2CCN(CC3CCN(c4ccc5c(c4)C(=O)N(N4CCC(=O)NC4=O)C5=O)CC3)CC2)oc1Cl. The molecule has 2 aromatic heterocycles. The minimum absolute atomic E-state index is 0.00693. The van der Waals surface area contributed by atoms with Gasteiger partial charge in [-0.3, -0.25) is 34.1 Å². The summed E-state index contributed by atoms with van der Waals surface area (Å²) in [5.74, 6) is -3.63. The number of fused-ring (bicyclic) bond motifs is 1. The van der Waals surface area contributed by atoms with Crippen molar-refractivity contribution in [1.82, 2.24) is 40.2 Å². The van der Waals surface area contributed by atoms with Crippen LogP contribution in [0.3, 0.4) is 0 Å². The van der Waals surface area contributed by atoms with Gasteiger partial charge in [0.1, 0.15) is 0 Å². The van der Waals surface area contributed by atoms with Gasteiger partial charge in [-0.1, -0.05) is 17.7 Å². The van der Waals surface area contributed by atoms with Crippen molar-refractivity contribution in [3.63, 3.8) is 0 Å². The molecule has 0 radical (unpaired) electrons. The molecule has 3 fully saturated rings. The summed E-state index contributed by atoms with van der Waals surface area (Å²) >= 11 is 12.7. The van der Waals surface area contributed by atoms with Gasteiger partial charge < -0.3 is 19.5 Å². The summed E-state index contributed by atoms with van der Waals surface area (Å²) in [4.78, 5) is 70.8. The molecule has 4 aliphatic rings. The van der Waals surface area contributed by atoms with Crippen molar-refractivity contribution in [1.29, 1.82) is 0 Å². The van der Waals surface area contributed by atoms with Gasteiger partial charge in [0.05, 0.1) is 40.1 Å². The number of carbonyl (C=O) groups is 5. The number of furan rings is 1. The highest BCUT2D eigenvalue weighted by molar-refractivity contribution is 6.35.